The van der Waals surface area contributed by atoms with Crippen molar-refractivity contribution in [1.82, 2.24) is 0 Å². The molecule has 0 aliphatic heterocycles. The minimum atomic E-state index is -0.608. The van der Waals surface area contributed by atoms with E-state index in [2.05, 4.69) is 20.8 Å². The number of aliphatic hydroxyl groups excluding tert-OH is 1. The summed E-state index contributed by atoms with van der Waals surface area (Å²) in [5.74, 6) is -0.337. The van der Waals surface area contributed by atoms with Gasteiger partial charge in [0.05, 0.1) is 0 Å². The van der Waals surface area contributed by atoms with Gasteiger partial charge in [0.25, 0.3) is 0 Å². The Morgan fingerprint density at radius 3 is 2.62 bits per heavy atom. The van der Waals surface area contributed by atoms with Crippen LogP contribution in [0.5, 0.6) is 0 Å². The van der Waals surface area contributed by atoms with Gasteiger partial charge in [0, 0.05) is 0 Å². The molecule has 0 aromatic heterocycles. The summed E-state index contributed by atoms with van der Waals surface area (Å²) >= 11 is -0.422. The topological polar surface area (TPSA) is 46.5 Å². The molecule has 0 radical (unpaired) electrons. The average Bonchev–Trinajstić information content (AvgIpc) is 2.14. The first-order chi connectivity index (χ1) is 7.35. The Hall–Kier alpha value is -0.0404. The molecular formula is C12H20O3Te. The van der Waals surface area contributed by atoms with Gasteiger partial charge in [-0.2, -0.15) is 0 Å². The van der Waals surface area contributed by atoms with Crippen LogP contribution in [0.2, 0.25) is 3.46 Å². The molecule has 0 aromatic rings. The van der Waals surface area contributed by atoms with Crippen molar-refractivity contribution < 1.29 is 14.6 Å². The second kappa shape index (κ2) is 5.53. The summed E-state index contributed by atoms with van der Waals surface area (Å²) < 4.78 is 6.23. The van der Waals surface area contributed by atoms with Gasteiger partial charge in [0.2, 0.25) is 0 Å². The Kier molecular flexibility index (Phi) is 4.85. The predicted octanol–water partition coefficient (Wildman–Crippen LogP) is 1.88. The van der Waals surface area contributed by atoms with Crippen LogP contribution in [0, 0.1) is 0 Å². The number of esters is 1. The van der Waals surface area contributed by atoms with Crippen molar-refractivity contribution in [3.8, 4) is 0 Å². The quantitative estimate of drug-likeness (QED) is 0.617. The summed E-state index contributed by atoms with van der Waals surface area (Å²) in [6, 6.07) is 0. The third kappa shape index (κ3) is 3.76. The van der Waals surface area contributed by atoms with Crippen LogP contribution in [0.15, 0.2) is 9.19 Å². The molecule has 1 rings (SSSR count). The molecular weight excluding hydrogens is 320 g/mol. The molecule has 16 heavy (non-hydrogen) atoms. The fraction of sp³-hybridized carbons (Fsp3) is 0.750. The van der Waals surface area contributed by atoms with Gasteiger partial charge in [0.1, 0.15) is 0 Å². The van der Waals surface area contributed by atoms with Gasteiger partial charge in [-0.1, -0.05) is 0 Å². The van der Waals surface area contributed by atoms with Crippen molar-refractivity contribution >= 4 is 26.9 Å². The molecule has 1 aliphatic rings. The normalized spacial score (nSPS) is 22.2. The average molecular weight is 340 g/mol. The molecule has 0 spiro atoms. The molecule has 92 valence electrons. The summed E-state index contributed by atoms with van der Waals surface area (Å²) in [6.07, 6.45) is 2.02. The first-order valence-electron chi connectivity index (χ1n) is 5.53. The van der Waals surface area contributed by atoms with E-state index in [1.54, 1.807) is 0 Å². The maximum atomic E-state index is 11.7. The van der Waals surface area contributed by atoms with E-state index in [9.17, 15) is 9.90 Å². The number of ether oxygens (including phenoxy) is 1. The number of methoxy groups -OCH3 is 1. The summed E-state index contributed by atoms with van der Waals surface area (Å²) in [7, 11) is 1.38. The van der Waals surface area contributed by atoms with E-state index in [-0.39, 0.29) is 9.43 Å². The van der Waals surface area contributed by atoms with Crippen LogP contribution in [-0.2, 0) is 9.53 Å². The first kappa shape index (κ1) is 14.0. The molecule has 0 saturated carbocycles. The molecule has 0 fully saturated rings. The Bertz CT molecular complexity index is 302. The van der Waals surface area contributed by atoms with Gasteiger partial charge >= 0.3 is 107 Å². The van der Waals surface area contributed by atoms with Gasteiger partial charge in [-0.3, -0.25) is 0 Å². The molecule has 1 aliphatic carbocycles. The number of hydrogen-bond donors (Lipinski definition) is 1. The zero-order chi connectivity index (χ0) is 12.3. The summed E-state index contributed by atoms with van der Waals surface area (Å²) in [6.45, 7) is 6.58. The molecule has 3 nitrogen and oxygen atoms in total. The van der Waals surface area contributed by atoms with Crippen molar-refractivity contribution in [2.75, 3.05) is 7.11 Å². The molecule has 0 amide bonds. The predicted molar refractivity (Wildman–Crippen MR) is 64.4 cm³/mol. The van der Waals surface area contributed by atoms with Crippen LogP contribution < -0.4 is 0 Å². The van der Waals surface area contributed by atoms with Crippen molar-refractivity contribution in [2.45, 2.75) is 49.6 Å². The number of allylic oxidation sites excluding steroid dienone is 1. The van der Waals surface area contributed by atoms with Crippen LogP contribution in [0.1, 0.15) is 40.0 Å². The fourth-order valence-electron chi connectivity index (χ4n) is 1.76. The first-order valence-corrected chi connectivity index (χ1v) is 7.86. The fourth-order valence-corrected chi connectivity index (χ4v) is 5.51. The van der Waals surface area contributed by atoms with E-state index in [1.165, 1.54) is 10.7 Å². The molecule has 1 unspecified atom stereocenters. The van der Waals surface area contributed by atoms with E-state index >= 15 is 0 Å². The molecule has 1 atom stereocenters. The van der Waals surface area contributed by atoms with Gasteiger partial charge in [-0.25, -0.2) is 0 Å². The van der Waals surface area contributed by atoms with Crippen molar-refractivity contribution in [1.29, 1.82) is 0 Å². The molecule has 0 heterocycles. The van der Waals surface area contributed by atoms with E-state index in [0.717, 1.165) is 12.8 Å². The van der Waals surface area contributed by atoms with Crippen LogP contribution >= 0.6 is 0 Å². The monoisotopic (exact) mass is 342 g/mol. The van der Waals surface area contributed by atoms with Crippen LogP contribution in [0.4, 0.5) is 0 Å². The molecule has 4 heteroatoms. The number of rotatable bonds is 2. The van der Waals surface area contributed by atoms with Crippen molar-refractivity contribution in [2.24, 2.45) is 0 Å². The van der Waals surface area contributed by atoms with Crippen LogP contribution in [0.3, 0.4) is 0 Å². The number of carbonyl (C=O) groups excluding carboxylic acids is 1. The SMILES string of the molecule is COC(=O)C1=C([Te]C(C)(C)C)CCCC1O. The van der Waals surface area contributed by atoms with Gasteiger partial charge in [-0.15, -0.1) is 0 Å². The standard InChI is InChI=1S/C12H20O3Te/c1-12(2,3)16-9-7-5-6-8(13)10(9)11(14)15-4/h8,13H,5-7H2,1-4H3. The van der Waals surface area contributed by atoms with E-state index in [4.69, 9.17) is 4.74 Å². The molecule has 1 N–H and O–H groups in total. The van der Waals surface area contributed by atoms with Gasteiger partial charge in [-0.05, 0) is 0 Å². The second-order valence-electron chi connectivity index (χ2n) is 4.95. The number of aliphatic hydroxyl groups is 1. The Morgan fingerprint density at radius 2 is 2.12 bits per heavy atom. The molecule has 0 aromatic carbocycles. The number of carbonyl (C=O) groups is 1. The molecule has 0 saturated heterocycles. The van der Waals surface area contributed by atoms with E-state index in [0.29, 0.717) is 12.0 Å². The van der Waals surface area contributed by atoms with Crippen molar-refractivity contribution in [3.63, 3.8) is 0 Å². The Balaban J connectivity index is 3.00. The minimum absolute atomic E-state index is 0.261. The zero-order valence-electron chi connectivity index (χ0n) is 10.4. The van der Waals surface area contributed by atoms with E-state index in [1.807, 2.05) is 0 Å². The van der Waals surface area contributed by atoms with Crippen LogP contribution in [0.25, 0.3) is 0 Å². The second-order valence-corrected chi connectivity index (χ2v) is 10.4. The number of hydrogen-bond acceptors (Lipinski definition) is 3. The third-order valence-electron chi connectivity index (χ3n) is 2.35. The summed E-state index contributed by atoms with van der Waals surface area (Å²) in [4.78, 5) is 11.7. The van der Waals surface area contributed by atoms with Gasteiger partial charge in [0.15, 0.2) is 0 Å². The maximum absolute atomic E-state index is 11.7. The van der Waals surface area contributed by atoms with E-state index < -0.39 is 27.0 Å². The summed E-state index contributed by atoms with van der Waals surface area (Å²) in [5, 5.41) is 9.90. The Morgan fingerprint density at radius 1 is 1.50 bits per heavy atom. The molecule has 0 bridgehead atoms. The van der Waals surface area contributed by atoms with Gasteiger partial charge < -0.3 is 0 Å². The van der Waals surface area contributed by atoms with Crippen LogP contribution in [-0.4, -0.2) is 45.2 Å². The third-order valence-corrected chi connectivity index (χ3v) is 6.01. The zero-order valence-corrected chi connectivity index (χ0v) is 12.7. The van der Waals surface area contributed by atoms with Crippen molar-refractivity contribution in [3.05, 3.63) is 9.19 Å². The Labute approximate surface area is 107 Å². The summed E-state index contributed by atoms with van der Waals surface area (Å²) in [5.41, 5.74) is 0.561.